The summed E-state index contributed by atoms with van der Waals surface area (Å²) in [6.45, 7) is 7.05. The van der Waals surface area contributed by atoms with Crippen LogP contribution in [-0.4, -0.2) is 56.0 Å². The summed E-state index contributed by atoms with van der Waals surface area (Å²) in [6.07, 6.45) is 1.63. The molecule has 2 N–H and O–H groups in total. The van der Waals surface area contributed by atoms with E-state index in [1.54, 1.807) is 38.0 Å². The van der Waals surface area contributed by atoms with Gasteiger partial charge in [-0.05, 0) is 50.3 Å². The Balaban J connectivity index is 0.00000729. The lowest BCUT2D eigenvalue weighted by molar-refractivity contribution is 0.0302. The summed E-state index contributed by atoms with van der Waals surface area (Å²) in [5.74, 6) is 1.14. The molecular weight excluding hydrogens is 494 g/mol. The van der Waals surface area contributed by atoms with Gasteiger partial charge in [0.1, 0.15) is 11.4 Å². The predicted octanol–water partition coefficient (Wildman–Crippen LogP) is 3.84. The quantitative estimate of drug-likeness (QED) is 0.321. The first kappa shape index (κ1) is 26.8. The van der Waals surface area contributed by atoms with Crippen molar-refractivity contribution in [3.05, 3.63) is 35.1 Å². The Hall–Kier alpha value is -1.23. The lowest BCUT2D eigenvalue weighted by Crippen LogP contribution is -2.42. The van der Waals surface area contributed by atoms with Crippen LogP contribution in [0.5, 0.6) is 0 Å². The summed E-state index contributed by atoms with van der Waals surface area (Å²) < 4.78 is 18.8. The van der Waals surface area contributed by atoms with E-state index < -0.39 is 5.60 Å². The number of halogens is 2. The fourth-order valence-electron chi connectivity index (χ4n) is 2.23. The summed E-state index contributed by atoms with van der Waals surface area (Å²) in [4.78, 5) is 17.6. The van der Waals surface area contributed by atoms with Crippen molar-refractivity contribution < 1.29 is 13.9 Å². The highest BCUT2D eigenvalue weighted by atomic mass is 127. The molecule has 1 aromatic rings. The SMILES string of the molecule is CN=C(NCCN(C)C(=O)OC(C)(C)C)NCc1ccc(F)cc1CSC.I. The Morgan fingerprint density at radius 3 is 2.54 bits per heavy atom. The number of hydrogen-bond acceptors (Lipinski definition) is 4. The van der Waals surface area contributed by atoms with Crippen LogP contribution in [0.1, 0.15) is 31.9 Å². The molecule has 0 heterocycles. The topological polar surface area (TPSA) is 66.0 Å². The summed E-state index contributed by atoms with van der Waals surface area (Å²) in [5.41, 5.74) is 1.48. The number of amides is 1. The zero-order valence-corrected chi connectivity index (χ0v) is 20.6. The minimum atomic E-state index is -0.514. The van der Waals surface area contributed by atoms with Gasteiger partial charge in [-0.1, -0.05) is 6.07 Å². The number of likely N-dealkylation sites (N-methyl/N-ethyl adjacent to an activating group) is 1. The number of carbonyl (C=O) groups is 1. The van der Waals surface area contributed by atoms with Crippen molar-refractivity contribution in [3.63, 3.8) is 0 Å². The molecule has 1 rings (SSSR count). The van der Waals surface area contributed by atoms with Crippen LogP contribution in [-0.2, 0) is 17.0 Å². The first-order chi connectivity index (χ1) is 12.7. The molecule has 6 nitrogen and oxygen atoms in total. The third kappa shape index (κ3) is 10.4. The summed E-state index contributed by atoms with van der Waals surface area (Å²) in [7, 11) is 3.37. The van der Waals surface area contributed by atoms with Crippen LogP contribution in [0.3, 0.4) is 0 Å². The number of thioether (sulfide) groups is 1. The number of nitrogens with one attached hydrogen (secondary N) is 2. The van der Waals surface area contributed by atoms with Gasteiger partial charge >= 0.3 is 6.09 Å². The first-order valence-electron chi connectivity index (χ1n) is 8.81. The van der Waals surface area contributed by atoms with E-state index in [2.05, 4.69) is 15.6 Å². The molecule has 0 atom stereocenters. The zero-order valence-electron chi connectivity index (χ0n) is 17.5. The highest BCUT2D eigenvalue weighted by molar-refractivity contribution is 14.0. The van der Waals surface area contributed by atoms with Crippen molar-refractivity contribution in [2.75, 3.05) is 33.4 Å². The number of carbonyl (C=O) groups excluding carboxylic acids is 1. The van der Waals surface area contributed by atoms with Crippen molar-refractivity contribution in [1.29, 1.82) is 0 Å². The van der Waals surface area contributed by atoms with E-state index in [1.807, 2.05) is 27.0 Å². The Bertz CT molecular complexity index is 653. The number of nitrogens with zero attached hydrogens (tertiary/aromatic N) is 2. The monoisotopic (exact) mass is 526 g/mol. The molecule has 0 aliphatic rings. The van der Waals surface area contributed by atoms with Crippen LogP contribution in [0.15, 0.2) is 23.2 Å². The first-order valence-corrected chi connectivity index (χ1v) is 10.2. The van der Waals surface area contributed by atoms with Gasteiger partial charge in [-0.3, -0.25) is 4.99 Å². The molecule has 0 aliphatic heterocycles. The highest BCUT2D eigenvalue weighted by Gasteiger charge is 2.19. The van der Waals surface area contributed by atoms with Crippen LogP contribution in [0.4, 0.5) is 9.18 Å². The van der Waals surface area contributed by atoms with Crippen LogP contribution in [0, 0.1) is 5.82 Å². The Morgan fingerprint density at radius 1 is 1.29 bits per heavy atom. The molecule has 0 aliphatic carbocycles. The maximum absolute atomic E-state index is 13.4. The van der Waals surface area contributed by atoms with Gasteiger partial charge in [0.15, 0.2) is 5.96 Å². The Morgan fingerprint density at radius 2 is 1.96 bits per heavy atom. The van der Waals surface area contributed by atoms with E-state index in [1.165, 1.54) is 11.0 Å². The largest absolute Gasteiger partial charge is 0.444 e. The molecule has 0 radical (unpaired) electrons. The average Bonchev–Trinajstić information content (AvgIpc) is 2.57. The van der Waals surface area contributed by atoms with Crippen molar-refractivity contribution >= 4 is 47.8 Å². The molecule has 28 heavy (non-hydrogen) atoms. The van der Waals surface area contributed by atoms with Gasteiger partial charge in [-0.25, -0.2) is 9.18 Å². The molecule has 0 aromatic heterocycles. The summed E-state index contributed by atoms with van der Waals surface area (Å²) in [5, 5.41) is 6.38. The van der Waals surface area contributed by atoms with Crippen LogP contribution >= 0.6 is 35.7 Å². The van der Waals surface area contributed by atoms with Crippen molar-refractivity contribution in [3.8, 4) is 0 Å². The highest BCUT2D eigenvalue weighted by Crippen LogP contribution is 2.16. The smallest absolute Gasteiger partial charge is 0.410 e. The third-order valence-corrected chi connectivity index (χ3v) is 4.18. The van der Waals surface area contributed by atoms with Crippen molar-refractivity contribution in [2.45, 2.75) is 38.7 Å². The van der Waals surface area contributed by atoms with E-state index >= 15 is 0 Å². The average molecular weight is 526 g/mol. The minimum Gasteiger partial charge on any atom is -0.444 e. The van der Waals surface area contributed by atoms with Crippen LogP contribution < -0.4 is 10.6 Å². The molecular formula is C19H32FIN4O2S. The third-order valence-electron chi connectivity index (χ3n) is 3.58. The van der Waals surface area contributed by atoms with Crippen molar-refractivity contribution in [2.24, 2.45) is 4.99 Å². The lowest BCUT2D eigenvalue weighted by Gasteiger charge is -2.25. The van der Waals surface area contributed by atoms with E-state index in [0.717, 1.165) is 16.9 Å². The van der Waals surface area contributed by atoms with Crippen LogP contribution in [0.2, 0.25) is 0 Å². The summed E-state index contributed by atoms with van der Waals surface area (Å²) in [6, 6.07) is 4.82. The van der Waals surface area contributed by atoms with Gasteiger partial charge in [0.2, 0.25) is 0 Å². The fourth-order valence-corrected chi connectivity index (χ4v) is 2.81. The number of rotatable bonds is 7. The van der Waals surface area contributed by atoms with E-state index in [0.29, 0.717) is 25.6 Å². The molecule has 0 fully saturated rings. The molecule has 1 aromatic carbocycles. The molecule has 0 saturated carbocycles. The van der Waals surface area contributed by atoms with Gasteiger partial charge in [0, 0.05) is 39.5 Å². The lowest BCUT2D eigenvalue weighted by atomic mass is 10.1. The zero-order chi connectivity index (χ0) is 20.4. The second-order valence-electron chi connectivity index (χ2n) is 7.10. The Labute approximate surface area is 189 Å². The molecule has 0 bridgehead atoms. The second-order valence-corrected chi connectivity index (χ2v) is 7.97. The molecule has 1 amide bonds. The van der Waals surface area contributed by atoms with E-state index in [-0.39, 0.29) is 35.9 Å². The molecule has 9 heteroatoms. The second kappa shape index (κ2) is 13.1. The molecule has 0 saturated heterocycles. The van der Waals surface area contributed by atoms with Gasteiger partial charge in [-0.15, -0.1) is 24.0 Å². The predicted molar refractivity (Wildman–Crippen MR) is 126 cm³/mol. The Kier molecular flexibility index (Phi) is 12.5. The standard InChI is InChI=1S/C19H31FN4O2S.HI/c1-19(2,3)26-18(25)24(5)10-9-22-17(21-4)23-12-14-7-8-16(20)11-15(14)13-27-6;/h7-8,11H,9-10,12-13H2,1-6H3,(H2,21,22,23);1H. The van der Waals surface area contributed by atoms with E-state index in [4.69, 9.17) is 4.74 Å². The maximum Gasteiger partial charge on any atom is 0.410 e. The molecule has 0 spiro atoms. The number of benzene rings is 1. The van der Waals surface area contributed by atoms with Gasteiger partial charge in [0.05, 0.1) is 0 Å². The van der Waals surface area contributed by atoms with Gasteiger partial charge < -0.3 is 20.3 Å². The molecule has 160 valence electrons. The maximum atomic E-state index is 13.4. The number of hydrogen-bond donors (Lipinski definition) is 2. The number of guanidine groups is 1. The van der Waals surface area contributed by atoms with Crippen molar-refractivity contribution in [1.82, 2.24) is 15.5 Å². The van der Waals surface area contributed by atoms with Gasteiger partial charge in [0.25, 0.3) is 0 Å². The fraction of sp³-hybridized carbons (Fsp3) is 0.579. The number of ether oxygens (including phenoxy) is 1. The number of aliphatic imine (C=N–C) groups is 1. The van der Waals surface area contributed by atoms with Gasteiger partial charge in [-0.2, -0.15) is 11.8 Å². The normalized spacial score (nSPS) is 11.5. The minimum absolute atomic E-state index is 0. The van der Waals surface area contributed by atoms with Crippen LogP contribution in [0.25, 0.3) is 0 Å². The molecule has 0 unspecified atom stereocenters. The summed E-state index contributed by atoms with van der Waals surface area (Å²) >= 11 is 1.65. The van der Waals surface area contributed by atoms with E-state index in [9.17, 15) is 9.18 Å².